The summed E-state index contributed by atoms with van der Waals surface area (Å²) in [6, 6.07) is 12.2. The van der Waals surface area contributed by atoms with Crippen molar-refractivity contribution in [1.82, 2.24) is 9.97 Å². The highest BCUT2D eigenvalue weighted by molar-refractivity contribution is 7.92. The third-order valence-corrected chi connectivity index (χ3v) is 5.76. The van der Waals surface area contributed by atoms with Gasteiger partial charge in [0.2, 0.25) is 0 Å². The van der Waals surface area contributed by atoms with Gasteiger partial charge in [-0.1, -0.05) is 6.07 Å². The molecule has 0 amide bonds. The lowest BCUT2D eigenvalue weighted by Gasteiger charge is -2.14. The van der Waals surface area contributed by atoms with Gasteiger partial charge in [0.1, 0.15) is 17.5 Å². The van der Waals surface area contributed by atoms with E-state index in [4.69, 9.17) is 0 Å². The summed E-state index contributed by atoms with van der Waals surface area (Å²) < 4.78 is 27.7. The second-order valence-electron chi connectivity index (χ2n) is 7.07. The monoisotopic (exact) mass is 442 g/mol. The van der Waals surface area contributed by atoms with E-state index in [2.05, 4.69) is 20.0 Å². The van der Waals surface area contributed by atoms with Crippen molar-refractivity contribution in [2.75, 3.05) is 29.0 Å². The molecule has 2 N–H and O–H groups in total. The molecular formula is C20H22N6O4S. The van der Waals surface area contributed by atoms with E-state index in [1.54, 1.807) is 44.2 Å². The largest absolute Gasteiger partial charge is 0.363 e. The van der Waals surface area contributed by atoms with Gasteiger partial charge in [-0.2, -0.15) is 0 Å². The van der Waals surface area contributed by atoms with E-state index < -0.39 is 14.9 Å². The van der Waals surface area contributed by atoms with E-state index in [1.807, 2.05) is 19.0 Å². The first-order valence-corrected chi connectivity index (χ1v) is 10.7. The zero-order valence-corrected chi connectivity index (χ0v) is 18.3. The van der Waals surface area contributed by atoms with Gasteiger partial charge in [-0.15, -0.1) is 0 Å². The zero-order valence-electron chi connectivity index (χ0n) is 17.4. The van der Waals surface area contributed by atoms with E-state index in [0.717, 1.165) is 11.9 Å². The lowest BCUT2D eigenvalue weighted by Crippen LogP contribution is -2.13. The Kier molecular flexibility index (Phi) is 6.07. The van der Waals surface area contributed by atoms with E-state index in [1.165, 1.54) is 12.1 Å². The molecule has 0 aliphatic heterocycles. The number of nitro benzene ring substituents is 1. The van der Waals surface area contributed by atoms with Crippen molar-refractivity contribution < 1.29 is 13.3 Å². The first-order chi connectivity index (χ1) is 14.5. The molecule has 0 atom stereocenters. The number of hydrogen-bond acceptors (Lipinski definition) is 8. The lowest BCUT2D eigenvalue weighted by atomic mass is 10.2. The van der Waals surface area contributed by atoms with Gasteiger partial charge in [0.05, 0.1) is 9.82 Å². The van der Waals surface area contributed by atoms with Crippen molar-refractivity contribution in [2.45, 2.75) is 18.7 Å². The number of nitro groups is 1. The van der Waals surface area contributed by atoms with Crippen LogP contribution in [0.15, 0.2) is 53.4 Å². The fourth-order valence-electron chi connectivity index (χ4n) is 2.78. The van der Waals surface area contributed by atoms with Crippen molar-refractivity contribution in [3.05, 3.63) is 70.0 Å². The Bertz CT molecular complexity index is 1230. The molecular weight excluding hydrogens is 420 g/mol. The topological polar surface area (TPSA) is 130 Å². The highest BCUT2D eigenvalue weighted by atomic mass is 32.2. The summed E-state index contributed by atoms with van der Waals surface area (Å²) in [6.45, 7) is 3.35. The number of sulfonamides is 1. The minimum Gasteiger partial charge on any atom is -0.363 e. The highest BCUT2D eigenvalue weighted by Crippen LogP contribution is 2.25. The molecule has 1 aromatic heterocycles. The molecule has 11 heteroatoms. The summed E-state index contributed by atoms with van der Waals surface area (Å²) >= 11 is 0. The number of aromatic nitrogens is 2. The Morgan fingerprint density at radius 3 is 2.23 bits per heavy atom. The van der Waals surface area contributed by atoms with Crippen LogP contribution >= 0.6 is 0 Å². The molecule has 3 rings (SSSR count). The molecule has 0 aliphatic rings. The van der Waals surface area contributed by atoms with Gasteiger partial charge in [0, 0.05) is 43.2 Å². The van der Waals surface area contributed by atoms with Crippen LogP contribution in [0.5, 0.6) is 0 Å². The SMILES string of the molecule is Cc1nc(Nc2ccc(NS(=O)(=O)c3ccc(C)c([N+](=O)[O-])c3)cc2)cc(N(C)C)n1. The molecule has 0 saturated heterocycles. The highest BCUT2D eigenvalue weighted by Gasteiger charge is 2.20. The molecule has 0 aliphatic carbocycles. The standard InChI is InChI=1S/C20H22N6O4S/c1-13-5-10-17(11-18(13)26(27)28)31(29,30)24-16-8-6-15(7-9-16)23-19-12-20(25(3)4)22-14(2)21-19/h5-12,24H,1-4H3,(H,21,22,23). The second-order valence-corrected chi connectivity index (χ2v) is 8.75. The summed E-state index contributed by atoms with van der Waals surface area (Å²) in [5, 5.41) is 14.3. The Labute approximate surface area is 180 Å². The van der Waals surface area contributed by atoms with Crippen molar-refractivity contribution in [2.24, 2.45) is 0 Å². The quantitative estimate of drug-likeness (QED) is 0.419. The van der Waals surface area contributed by atoms with Crippen LogP contribution in [0.1, 0.15) is 11.4 Å². The van der Waals surface area contributed by atoms with Crippen LogP contribution in [0.3, 0.4) is 0 Å². The maximum Gasteiger partial charge on any atom is 0.273 e. The number of hydrogen-bond donors (Lipinski definition) is 2. The minimum atomic E-state index is -3.98. The van der Waals surface area contributed by atoms with Gasteiger partial charge in [-0.25, -0.2) is 18.4 Å². The molecule has 31 heavy (non-hydrogen) atoms. The maximum absolute atomic E-state index is 12.6. The minimum absolute atomic E-state index is 0.181. The number of aryl methyl sites for hydroxylation is 2. The molecule has 0 saturated carbocycles. The normalized spacial score (nSPS) is 11.1. The number of rotatable bonds is 7. The van der Waals surface area contributed by atoms with Crippen LogP contribution < -0.4 is 14.9 Å². The van der Waals surface area contributed by atoms with Gasteiger partial charge < -0.3 is 10.2 Å². The number of benzene rings is 2. The van der Waals surface area contributed by atoms with Crippen molar-refractivity contribution in [1.29, 1.82) is 0 Å². The van der Waals surface area contributed by atoms with E-state index >= 15 is 0 Å². The molecule has 162 valence electrons. The van der Waals surface area contributed by atoms with Crippen LogP contribution in [0, 0.1) is 24.0 Å². The van der Waals surface area contributed by atoms with Crippen LogP contribution in [-0.2, 0) is 10.0 Å². The molecule has 3 aromatic rings. The Hall–Kier alpha value is -3.73. The van der Waals surface area contributed by atoms with E-state index in [0.29, 0.717) is 28.6 Å². The summed E-state index contributed by atoms with van der Waals surface area (Å²) in [5.41, 5.74) is 1.16. The molecule has 0 spiro atoms. The van der Waals surface area contributed by atoms with Crippen LogP contribution in [0.4, 0.5) is 28.7 Å². The molecule has 0 radical (unpaired) electrons. The number of nitrogens with zero attached hydrogens (tertiary/aromatic N) is 4. The summed E-state index contributed by atoms with van der Waals surface area (Å²) in [5.74, 6) is 1.98. The number of nitrogens with one attached hydrogen (secondary N) is 2. The lowest BCUT2D eigenvalue weighted by molar-refractivity contribution is -0.385. The van der Waals surface area contributed by atoms with E-state index in [-0.39, 0.29) is 10.6 Å². The maximum atomic E-state index is 12.6. The van der Waals surface area contributed by atoms with Crippen molar-refractivity contribution in [3.63, 3.8) is 0 Å². The summed E-state index contributed by atoms with van der Waals surface area (Å²) in [7, 11) is -0.212. The Morgan fingerprint density at radius 1 is 0.968 bits per heavy atom. The smallest absolute Gasteiger partial charge is 0.273 e. The van der Waals surface area contributed by atoms with Gasteiger partial charge in [0.25, 0.3) is 15.7 Å². The predicted molar refractivity (Wildman–Crippen MR) is 119 cm³/mol. The number of anilines is 4. The Morgan fingerprint density at radius 2 is 1.61 bits per heavy atom. The third-order valence-electron chi connectivity index (χ3n) is 4.38. The zero-order chi connectivity index (χ0) is 22.8. The van der Waals surface area contributed by atoms with Gasteiger partial charge in [-0.05, 0) is 44.2 Å². The molecule has 1 heterocycles. The van der Waals surface area contributed by atoms with Gasteiger partial charge in [0.15, 0.2) is 0 Å². The molecule has 0 unspecified atom stereocenters. The van der Waals surface area contributed by atoms with Crippen LogP contribution in [0.25, 0.3) is 0 Å². The van der Waals surface area contributed by atoms with E-state index in [9.17, 15) is 18.5 Å². The first-order valence-electron chi connectivity index (χ1n) is 9.23. The average molecular weight is 443 g/mol. The summed E-state index contributed by atoms with van der Waals surface area (Å²) in [6.07, 6.45) is 0. The Balaban J connectivity index is 1.78. The third kappa shape index (κ3) is 5.25. The summed E-state index contributed by atoms with van der Waals surface area (Å²) in [4.78, 5) is 20.9. The fourth-order valence-corrected chi connectivity index (χ4v) is 3.86. The molecule has 2 aromatic carbocycles. The second kappa shape index (κ2) is 8.56. The average Bonchev–Trinajstić information content (AvgIpc) is 2.68. The van der Waals surface area contributed by atoms with Gasteiger partial charge in [-0.3, -0.25) is 14.8 Å². The van der Waals surface area contributed by atoms with Crippen LogP contribution in [-0.4, -0.2) is 37.4 Å². The first kappa shape index (κ1) is 22.0. The predicted octanol–water partition coefficient (Wildman–Crippen LogP) is 3.61. The van der Waals surface area contributed by atoms with Crippen molar-refractivity contribution >= 4 is 38.7 Å². The molecule has 0 bridgehead atoms. The fraction of sp³-hybridized carbons (Fsp3) is 0.200. The molecule has 10 nitrogen and oxygen atoms in total. The van der Waals surface area contributed by atoms with Crippen LogP contribution in [0.2, 0.25) is 0 Å². The van der Waals surface area contributed by atoms with Gasteiger partial charge >= 0.3 is 0 Å². The molecule has 0 fully saturated rings. The van der Waals surface area contributed by atoms with Crippen molar-refractivity contribution in [3.8, 4) is 0 Å².